The average molecular weight is 289 g/mol. The maximum atomic E-state index is 11.1. The number of hydrogen-bond donors (Lipinski definition) is 1. The number of aliphatic hydroxyl groups is 1. The smallest absolute Gasteiger partial charge is 0.0948 e. The van der Waals surface area contributed by atoms with Gasteiger partial charge in [-0.25, -0.2) is 0 Å². The van der Waals surface area contributed by atoms with Gasteiger partial charge in [0.1, 0.15) is 0 Å². The SMILES string of the molecule is Cc1ccc(C)c(CC(O)(CCCl)c2ccccc2)c1. The zero-order valence-electron chi connectivity index (χ0n) is 12.1. The first-order chi connectivity index (χ1) is 9.55. The summed E-state index contributed by atoms with van der Waals surface area (Å²) in [5.74, 6) is 0.441. The van der Waals surface area contributed by atoms with Gasteiger partial charge in [0.25, 0.3) is 0 Å². The Morgan fingerprint density at radius 2 is 1.75 bits per heavy atom. The van der Waals surface area contributed by atoms with E-state index < -0.39 is 5.60 Å². The van der Waals surface area contributed by atoms with Crippen LogP contribution >= 0.6 is 11.6 Å². The summed E-state index contributed by atoms with van der Waals surface area (Å²) in [5.41, 5.74) is 3.64. The van der Waals surface area contributed by atoms with Crippen molar-refractivity contribution in [1.82, 2.24) is 0 Å². The number of aryl methyl sites for hydroxylation is 2. The van der Waals surface area contributed by atoms with Crippen molar-refractivity contribution in [3.8, 4) is 0 Å². The van der Waals surface area contributed by atoms with Gasteiger partial charge in [0, 0.05) is 12.3 Å². The van der Waals surface area contributed by atoms with Crippen molar-refractivity contribution in [3.05, 3.63) is 70.8 Å². The van der Waals surface area contributed by atoms with Crippen molar-refractivity contribution in [2.75, 3.05) is 5.88 Å². The number of halogens is 1. The van der Waals surface area contributed by atoms with Crippen molar-refractivity contribution >= 4 is 11.6 Å². The van der Waals surface area contributed by atoms with E-state index in [1.54, 1.807) is 0 Å². The Morgan fingerprint density at radius 1 is 1.05 bits per heavy atom. The standard InChI is InChI=1S/C18H21ClO/c1-14-8-9-15(2)16(12-14)13-18(20,10-11-19)17-6-4-3-5-7-17/h3-9,12,20H,10-11,13H2,1-2H3. The van der Waals surface area contributed by atoms with Crippen LogP contribution in [0, 0.1) is 13.8 Å². The molecule has 1 N–H and O–H groups in total. The highest BCUT2D eigenvalue weighted by Crippen LogP contribution is 2.31. The van der Waals surface area contributed by atoms with E-state index in [1.807, 2.05) is 30.3 Å². The zero-order valence-corrected chi connectivity index (χ0v) is 12.8. The predicted octanol–water partition coefficient (Wildman–Crippen LogP) is 4.36. The van der Waals surface area contributed by atoms with Gasteiger partial charge in [-0.15, -0.1) is 11.6 Å². The van der Waals surface area contributed by atoms with Gasteiger partial charge in [0.2, 0.25) is 0 Å². The van der Waals surface area contributed by atoms with Crippen LogP contribution in [0.4, 0.5) is 0 Å². The van der Waals surface area contributed by atoms with Gasteiger partial charge < -0.3 is 5.11 Å². The Morgan fingerprint density at radius 3 is 2.40 bits per heavy atom. The largest absolute Gasteiger partial charge is 0.385 e. The van der Waals surface area contributed by atoms with Crippen LogP contribution in [-0.4, -0.2) is 11.0 Å². The lowest BCUT2D eigenvalue weighted by Crippen LogP contribution is -2.29. The van der Waals surface area contributed by atoms with Crippen LogP contribution < -0.4 is 0 Å². The highest BCUT2D eigenvalue weighted by Gasteiger charge is 2.29. The fraction of sp³-hybridized carbons (Fsp3) is 0.333. The van der Waals surface area contributed by atoms with Gasteiger partial charge in [-0.2, -0.15) is 0 Å². The van der Waals surface area contributed by atoms with Gasteiger partial charge >= 0.3 is 0 Å². The molecule has 2 aromatic carbocycles. The van der Waals surface area contributed by atoms with E-state index in [0.717, 1.165) is 5.56 Å². The lowest BCUT2D eigenvalue weighted by molar-refractivity contribution is 0.0335. The van der Waals surface area contributed by atoms with Crippen molar-refractivity contribution < 1.29 is 5.11 Å². The first kappa shape index (κ1) is 15.1. The molecule has 0 aliphatic heterocycles. The molecule has 1 atom stereocenters. The summed E-state index contributed by atoms with van der Waals surface area (Å²) >= 11 is 5.91. The van der Waals surface area contributed by atoms with E-state index in [9.17, 15) is 5.11 Å². The molecule has 0 bridgehead atoms. The van der Waals surface area contributed by atoms with Crippen LogP contribution in [0.1, 0.15) is 28.7 Å². The van der Waals surface area contributed by atoms with E-state index in [-0.39, 0.29) is 0 Å². The normalized spacial score (nSPS) is 14.0. The molecule has 0 heterocycles. The van der Waals surface area contributed by atoms with Crippen LogP contribution in [0.25, 0.3) is 0 Å². The molecule has 0 saturated carbocycles. The maximum absolute atomic E-state index is 11.1. The summed E-state index contributed by atoms with van der Waals surface area (Å²) in [5, 5.41) is 11.1. The minimum atomic E-state index is -0.901. The summed E-state index contributed by atoms with van der Waals surface area (Å²) < 4.78 is 0. The molecule has 2 heteroatoms. The van der Waals surface area contributed by atoms with Gasteiger partial charge in [0.05, 0.1) is 5.60 Å². The highest BCUT2D eigenvalue weighted by molar-refractivity contribution is 6.17. The van der Waals surface area contributed by atoms with Crippen molar-refractivity contribution in [3.63, 3.8) is 0 Å². The van der Waals surface area contributed by atoms with Crippen LogP contribution in [0.5, 0.6) is 0 Å². The molecule has 106 valence electrons. The number of benzene rings is 2. The third kappa shape index (κ3) is 3.41. The van der Waals surface area contributed by atoms with E-state index in [0.29, 0.717) is 18.7 Å². The minimum Gasteiger partial charge on any atom is -0.385 e. The molecular weight excluding hydrogens is 268 g/mol. The molecule has 0 amide bonds. The van der Waals surface area contributed by atoms with E-state index in [2.05, 4.69) is 32.0 Å². The molecule has 0 aliphatic rings. The van der Waals surface area contributed by atoms with Crippen LogP contribution in [0.3, 0.4) is 0 Å². The molecular formula is C18H21ClO. The van der Waals surface area contributed by atoms with E-state index in [1.165, 1.54) is 16.7 Å². The lowest BCUT2D eigenvalue weighted by Gasteiger charge is -2.29. The van der Waals surface area contributed by atoms with Crippen molar-refractivity contribution in [2.24, 2.45) is 0 Å². The molecule has 2 aromatic rings. The zero-order chi connectivity index (χ0) is 14.6. The molecule has 0 radical (unpaired) electrons. The Balaban J connectivity index is 2.36. The fourth-order valence-corrected chi connectivity index (χ4v) is 2.86. The summed E-state index contributed by atoms with van der Waals surface area (Å²) in [4.78, 5) is 0. The second-order valence-electron chi connectivity index (χ2n) is 5.44. The topological polar surface area (TPSA) is 20.2 Å². The summed E-state index contributed by atoms with van der Waals surface area (Å²) in [6, 6.07) is 16.2. The van der Waals surface area contributed by atoms with Gasteiger partial charge in [0.15, 0.2) is 0 Å². The molecule has 1 unspecified atom stereocenters. The second kappa shape index (κ2) is 6.43. The third-order valence-electron chi connectivity index (χ3n) is 3.81. The average Bonchev–Trinajstić information content (AvgIpc) is 2.44. The highest BCUT2D eigenvalue weighted by atomic mass is 35.5. The fourth-order valence-electron chi connectivity index (χ4n) is 2.55. The number of rotatable bonds is 5. The Kier molecular flexibility index (Phi) is 4.85. The van der Waals surface area contributed by atoms with Crippen LogP contribution in [0.15, 0.2) is 48.5 Å². The second-order valence-corrected chi connectivity index (χ2v) is 5.82. The monoisotopic (exact) mass is 288 g/mol. The van der Waals surface area contributed by atoms with Gasteiger partial charge in [-0.3, -0.25) is 0 Å². The Bertz CT molecular complexity index is 565. The number of hydrogen-bond acceptors (Lipinski definition) is 1. The molecule has 20 heavy (non-hydrogen) atoms. The predicted molar refractivity (Wildman–Crippen MR) is 85.3 cm³/mol. The number of alkyl halides is 1. The van der Waals surface area contributed by atoms with Gasteiger partial charge in [-0.05, 0) is 37.0 Å². The Labute approximate surface area is 126 Å². The molecule has 0 fully saturated rings. The summed E-state index contributed by atoms with van der Waals surface area (Å²) in [7, 11) is 0. The molecule has 0 saturated heterocycles. The van der Waals surface area contributed by atoms with Crippen LogP contribution in [-0.2, 0) is 12.0 Å². The molecule has 0 spiro atoms. The van der Waals surface area contributed by atoms with Crippen molar-refractivity contribution in [1.29, 1.82) is 0 Å². The summed E-state index contributed by atoms with van der Waals surface area (Å²) in [6.45, 7) is 4.16. The maximum Gasteiger partial charge on any atom is 0.0948 e. The quantitative estimate of drug-likeness (QED) is 0.811. The summed E-state index contributed by atoms with van der Waals surface area (Å²) in [6.07, 6.45) is 1.14. The van der Waals surface area contributed by atoms with E-state index >= 15 is 0 Å². The minimum absolute atomic E-state index is 0.441. The molecule has 1 nitrogen and oxygen atoms in total. The molecule has 0 aliphatic carbocycles. The Hall–Kier alpha value is -1.31. The van der Waals surface area contributed by atoms with Gasteiger partial charge in [-0.1, -0.05) is 54.1 Å². The lowest BCUT2D eigenvalue weighted by atomic mass is 9.83. The molecule has 0 aromatic heterocycles. The molecule has 2 rings (SSSR count). The van der Waals surface area contributed by atoms with Crippen LogP contribution in [0.2, 0.25) is 0 Å². The first-order valence-electron chi connectivity index (χ1n) is 6.95. The van der Waals surface area contributed by atoms with E-state index in [4.69, 9.17) is 11.6 Å². The van der Waals surface area contributed by atoms with Crippen molar-refractivity contribution in [2.45, 2.75) is 32.3 Å². The first-order valence-corrected chi connectivity index (χ1v) is 7.48. The third-order valence-corrected chi connectivity index (χ3v) is 4.00.